The number of carbonyl (C=O) groups is 1. The largest absolute Gasteiger partial charge is 0.444 e. The molecule has 0 spiro atoms. The second-order valence-corrected chi connectivity index (χ2v) is 4.21. The average Bonchev–Trinajstić information content (AvgIpc) is 2.27. The molecule has 0 aliphatic rings. The second kappa shape index (κ2) is 6.07. The molecule has 6 heteroatoms. The fourth-order valence-corrected chi connectivity index (χ4v) is 1.86. The van der Waals surface area contributed by atoms with Crippen LogP contribution in [0.4, 0.5) is 13.2 Å². The Kier molecular flexibility index (Phi) is 5.02. The predicted molar refractivity (Wildman–Crippen MR) is 59.8 cm³/mol. The molecule has 0 aliphatic heterocycles. The van der Waals surface area contributed by atoms with Gasteiger partial charge in [0.1, 0.15) is 0 Å². The van der Waals surface area contributed by atoms with Crippen LogP contribution >= 0.6 is 11.8 Å². The molecule has 94 valence electrons. The molecule has 0 N–H and O–H groups in total. The lowest BCUT2D eigenvalue weighted by Crippen LogP contribution is -2.25. The zero-order chi connectivity index (χ0) is 12.9. The maximum atomic E-state index is 12.2. The van der Waals surface area contributed by atoms with Crippen LogP contribution in [-0.4, -0.2) is 23.3 Å². The number of hydrogen-bond donors (Lipinski definition) is 0. The van der Waals surface area contributed by atoms with E-state index in [2.05, 4.69) is 0 Å². The third-order valence-electron chi connectivity index (χ3n) is 1.83. The first-order chi connectivity index (χ1) is 7.94. The summed E-state index contributed by atoms with van der Waals surface area (Å²) < 4.78 is 41.5. The zero-order valence-corrected chi connectivity index (χ0v) is 9.85. The monoisotopic (exact) mass is 264 g/mol. The first-order valence-corrected chi connectivity index (χ1v) is 5.77. The molecular formula is C11H11F3O2S. The van der Waals surface area contributed by atoms with Crippen LogP contribution in [-0.2, 0) is 4.74 Å². The maximum Gasteiger partial charge on any atom is 0.444 e. The zero-order valence-electron chi connectivity index (χ0n) is 9.03. The normalized spacial score (nSPS) is 13.4. The highest BCUT2D eigenvalue weighted by Crippen LogP contribution is 2.35. The highest BCUT2D eigenvalue weighted by molar-refractivity contribution is 8.01. The number of benzene rings is 1. The second-order valence-electron chi connectivity index (χ2n) is 3.08. The van der Waals surface area contributed by atoms with Gasteiger partial charge in [-0.15, -0.1) is 0 Å². The Bertz CT molecular complexity index is 365. The molecule has 0 bridgehead atoms. The summed E-state index contributed by atoms with van der Waals surface area (Å²) in [4.78, 5) is 11.8. The van der Waals surface area contributed by atoms with Crippen molar-refractivity contribution in [2.45, 2.75) is 17.9 Å². The number of ether oxygens (including phenoxy) is 1. The van der Waals surface area contributed by atoms with Crippen LogP contribution in [0, 0.1) is 0 Å². The summed E-state index contributed by atoms with van der Waals surface area (Å²) in [7, 11) is 0. The Morgan fingerprint density at radius 2 is 1.94 bits per heavy atom. The SMILES string of the molecule is CCO[C@@H](SC(F)(F)F)C(=O)c1ccccc1. The number of ketones is 1. The summed E-state index contributed by atoms with van der Waals surface area (Å²) in [6.07, 6.45) is 0. The summed E-state index contributed by atoms with van der Waals surface area (Å²) in [5, 5.41) is 0. The van der Waals surface area contributed by atoms with Crippen molar-refractivity contribution in [3.63, 3.8) is 0 Å². The van der Waals surface area contributed by atoms with Crippen LogP contribution < -0.4 is 0 Å². The number of thioether (sulfide) groups is 1. The molecule has 1 aromatic carbocycles. The van der Waals surface area contributed by atoms with E-state index in [1.54, 1.807) is 25.1 Å². The highest BCUT2D eigenvalue weighted by Gasteiger charge is 2.37. The first kappa shape index (κ1) is 14.1. The van der Waals surface area contributed by atoms with E-state index in [9.17, 15) is 18.0 Å². The van der Waals surface area contributed by atoms with Gasteiger partial charge >= 0.3 is 5.51 Å². The fraction of sp³-hybridized carbons (Fsp3) is 0.364. The minimum absolute atomic E-state index is 0.0479. The van der Waals surface area contributed by atoms with E-state index in [1.165, 1.54) is 12.1 Å². The molecule has 0 aliphatic carbocycles. The molecular weight excluding hydrogens is 253 g/mol. The Labute approximate surface area is 101 Å². The van der Waals surface area contributed by atoms with Crippen LogP contribution in [0.1, 0.15) is 17.3 Å². The molecule has 2 nitrogen and oxygen atoms in total. The quantitative estimate of drug-likeness (QED) is 0.601. The van der Waals surface area contributed by atoms with Gasteiger partial charge in [-0.1, -0.05) is 30.3 Å². The smallest absolute Gasteiger partial charge is 0.359 e. The molecule has 0 fully saturated rings. The molecule has 1 aromatic rings. The molecule has 17 heavy (non-hydrogen) atoms. The van der Waals surface area contributed by atoms with E-state index in [-0.39, 0.29) is 12.2 Å². The number of hydrogen-bond acceptors (Lipinski definition) is 3. The highest BCUT2D eigenvalue weighted by atomic mass is 32.2. The number of carbonyl (C=O) groups excluding carboxylic acids is 1. The van der Waals surface area contributed by atoms with Gasteiger partial charge in [0.2, 0.25) is 5.78 Å². The topological polar surface area (TPSA) is 26.3 Å². The van der Waals surface area contributed by atoms with E-state index < -0.39 is 28.5 Å². The molecule has 0 saturated heterocycles. The van der Waals surface area contributed by atoms with Crippen molar-refractivity contribution in [2.24, 2.45) is 0 Å². The predicted octanol–water partition coefficient (Wildman–Crippen LogP) is 3.48. The molecule has 0 saturated carbocycles. The van der Waals surface area contributed by atoms with Crippen molar-refractivity contribution in [1.82, 2.24) is 0 Å². The standard InChI is InChI=1S/C11H11F3O2S/c1-2-16-10(17-11(12,13)14)9(15)8-6-4-3-5-7-8/h3-7,10H,2H2,1H3/t10-/m0/s1. The molecule has 0 radical (unpaired) electrons. The van der Waals surface area contributed by atoms with E-state index in [0.29, 0.717) is 0 Å². The molecule has 0 heterocycles. The van der Waals surface area contributed by atoms with Crippen LogP contribution in [0.15, 0.2) is 30.3 Å². The van der Waals surface area contributed by atoms with Gasteiger partial charge in [0.15, 0.2) is 5.44 Å². The van der Waals surface area contributed by atoms with Gasteiger partial charge in [0.05, 0.1) is 0 Å². The summed E-state index contributed by atoms with van der Waals surface area (Å²) in [5.41, 5.74) is -5.82. The number of halogens is 3. The van der Waals surface area contributed by atoms with Crippen molar-refractivity contribution >= 4 is 17.5 Å². The van der Waals surface area contributed by atoms with Crippen LogP contribution in [0.2, 0.25) is 0 Å². The third kappa shape index (κ3) is 4.79. The summed E-state index contributed by atoms with van der Waals surface area (Å²) >= 11 is -0.442. The van der Waals surface area contributed by atoms with Crippen LogP contribution in [0.3, 0.4) is 0 Å². The Morgan fingerprint density at radius 1 is 1.35 bits per heavy atom. The van der Waals surface area contributed by atoms with Gasteiger partial charge in [0, 0.05) is 12.2 Å². The van der Waals surface area contributed by atoms with E-state index in [1.807, 2.05) is 0 Å². The average molecular weight is 264 g/mol. The molecule has 1 rings (SSSR count). The van der Waals surface area contributed by atoms with Crippen molar-refractivity contribution in [3.8, 4) is 0 Å². The minimum atomic E-state index is -4.50. The van der Waals surface area contributed by atoms with Crippen molar-refractivity contribution in [2.75, 3.05) is 6.61 Å². The van der Waals surface area contributed by atoms with E-state index in [4.69, 9.17) is 4.74 Å². The number of Topliss-reactive ketones (excluding diaryl/α,β-unsaturated/α-hetero) is 1. The lowest BCUT2D eigenvalue weighted by Gasteiger charge is -2.16. The van der Waals surface area contributed by atoms with Crippen LogP contribution in [0.5, 0.6) is 0 Å². The van der Waals surface area contributed by atoms with Crippen molar-refractivity contribution < 1.29 is 22.7 Å². The third-order valence-corrected chi connectivity index (χ3v) is 2.66. The summed E-state index contributed by atoms with van der Waals surface area (Å²) in [6.45, 7) is 1.59. The molecule has 1 atom stereocenters. The van der Waals surface area contributed by atoms with Gasteiger partial charge in [-0.2, -0.15) is 13.2 Å². The number of alkyl halides is 3. The van der Waals surface area contributed by atoms with Crippen molar-refractivity contribution in [1.29, 1.82) is 0 Å². The molecule has 0 amide bonds. The van der Waals surface area contributed by atoms with E-state index in [0.717, 1.165) is 0 Å². The summed E-state index contributed by atoms with van der Waals surface area (Å²) in [6, 6.07) is 7.79. The fourth-order valence-electron chi connectivity index (χ4n) is 1.17. The van der Waals surface area contributed by atoms with Crippen LogP contribution in [0.25, 0.3) is 0 Å². The lowest BCUT2D eigenvalue weighted by molar-refractivity contribution is -0.0364. The maximum absolute atomic E-state index is 12.2. The van der Waals surface area contributed by atoms with Crippen molar-refractivity contribution in [3.05, 3.63) is 35.9 Å². The first-order valence-electron chi connectivity index (χ1n) is 4.89. The van der Waals surface area contributed by atoms with Gasteiger partial charge in [0.25, 0.3) is 0 Å². The minimum Gasteiger partial charge on any atom is -0.359 e. The molecule has 0 aromatic heterocycles. The Morgan fingerprint density at radius 3 is 2.41 bits per heavy atom. The van der Waals surface area contributed by atoms with Gasteiger partial charge < -0.3 is 4.74 Å². The lowest BCUT2D eigenvalue weighted by atomic mass is 10.1. The number of rotatable bonds is 5. The molecule has 0 unspecified atom stereocenters. The Hall–Kier alpha value is -1.01. The van der Waals surface area contributed by atoms with Gasteiger partial charge in [-0.05, 0) is 18.7 Å². The summed E-state index contributed by atoms with van der Waals surface area (Å²) in [5.74, 6) is -0.672. The van der Waals surface area contributed by atoms with E-state index >= 15 is 0 Å². The Balaban J connectivity index is 2.81. The van der Waals surface area contributed by atoms with Gasteiger partial charge in [-0.25, -0.2) is 0 Å². The van der Waals surface area contributed by atoms with Gasteiger partial charge in [-0.3, -0.25) is 4.79 Å².